The number of ether oxygens (including phenoxy) is 1. The smallest absolute Gasteiger partial charge is 0.333 e. The lowest BCUT2D eigenvalue weighted by Crippen LogP contribution is -2.07. The molecule has 7 nitrogen and oxygen atoms in total. The molecule has 0 aliphatic rings. The van der Waals surface area contributed by atoms with Crippen molar-refractivity contribution in [2.75, 3.05) is 19.0 Å². The van der Waals surface area contributed by atoms with Gasteiger partial charge >= 0.3 is 5.97 Å². The Hall–Kier alpha value is -4.00. The molecule has 0 fully saturated rings. The molecule has 1 aromatic heterocycles. The quantitative estimate of drug-likeness (QED) is 0.315. The summed E-state index contributed by atoms with van der Waals surface area (Å²) in [5.74, 6) is -0.562. The van der Waals surface area contributed by atoms with Crippen molar-refractivity contribution in [1.82, 2.24) is 15.0 Å². The summed E-state index contributed by atoms with van der Waals surface area (Å²) in [7, 11) is 3.97. The molecule has 0 atom stereocenters. The highest BCUT2D eigenvalue weighted by molar-refractivity contribution is 6.06. The number of anilines is 1. The third-order valence-corrected chi connectivity index (χ3v) is 4.49. The standard InChI is InChI=1S/C24H24N4O3/c1-17(2)24(30)31-16-20-15-28(26-25-20)22-12-8-19(9-13-22)23(29)14-7-18-5-10-21(11-6-18)27(3)4/h5-15H,1,16H2,2-4H3/b14-7+. The van der Waals surface area contributed by atoms with E-state index in [1.165, 1.54) is 0 Å². The van der Waals surface area contributed by atoms with Gasteiger partial charge in [-0.2, -0.15) is 0 Å². The number of hydrogen-bond acceptors (Lipinski definition) is 6. The van der Waals surface area contributed by atoms with E-state index in [0.29, 0.717) is 16.8 Å². The zero-order valence-electron chi connectivity index (χ0n) is 17.8. The highest BCUT2D eigenvalue weighted by Gasteiger charge is 2.08. The van der Waals surface area contributed by atoms with Crippen LogP contribution >= 0.6 is 0 Å². The summed E-state index contributed by atoms with van der Waals surface area (Å²) in [4.78, 5) is 25.9. The Morgan fingerprint density at radius 1 is 1.10 bits per heavy atom. The van der Waals surface area contributed by atoms with Gasteiger partial charge in [0, 0.05) is 30.9 Å². The predicted molar refractivity (Wildman–Crippen MR) is 120 cm³/mol. The van der Waals surface area contributed by atoms with Gasteiger partial charge in [0.15, 0.2) is 5.78 Å². The van der Waals surface area contributed by atoms with Crippen LogP contribution in [0.25, 0.3) is 11.8 Å². The van der Waals surface area contributed by atoms with Crippen LogP contribution in [0.4, 0.5) is 5.69 Å². The van der Waals surface area contributed by atoms with Gasteiger partial charge in [-0.1, -0.05) is 30.0 Å². The van der Waals surface area contributed by atoms with E-state index in [-0.39, 0.29) is 12.4 Å². The molecule has 0 saturated heterocycles. The summed E-state index contributed by atoms with van der Waals surface area (Å²) in [6.45, 7) is 5.13. The molecule has 7 heteroatoms. The number of benzene rings is 2. The van der Waals surface area contributed by atoms with Gasteiger partial charge in [-0.3, -0.25) is 4.79 Å². The van der Waals surface area contributed by atoms with Crippen molar-refractivity contribution in [3.8, 4) is 5.69 Å². The molecule has 31 heavy (non-hydrogen) atoms. The van der Waals surface area contributed by atoms with Crippen LogP contribution in [0.15, 0.2) is 73.0 Å². The monoisotopic (exact) mass is 416 g/mol. The second kappa shape index (κ2) is 9.67. The molecule has 0 saturated carbocycles. The number of rotatable bonds is 8. The van der Waals surface area contributed by atoms with Gasteiger partial charge in [0.25, 0.3) is 0 Å². The zero-order valence-corrected chi connectivity index (χ0v) is 17.8. The van der Waals surface area contributed by atoms with E-state index in [9.17, 15) is 9.59 Å². The van der Waals surface area contributed by atoms with E-state index in [1.807, 2.05) is 43.3 Å². The first kappa shape index (κ1) is 21.7. The van der Waals surface area contributed by atoms with Gasteiger partial charge in [-0.25, -0.2) is 9.48 Å². The molecule has 0 amide bonds. The lowest BCUT2D eigenvalue weighted by molar-refractivity contribution is -0.140. The van der Waals surface area contributed by atoms with E-state index in [1.54, 1.807) is 54.2 Å². The lowest BCUT2D eigenvalue weighted by atomic mass is 10.1. The second-order valence-corrected chi connectivity index (χ2v) is 7.24. The van der Waals surface area contributed by atoms with Crippen LogP contribution in [-0.4, -0.2) is 40.8 Å². The van der Waals surface area contributed by atoms with Crippen LogP contribution in [0.1, 0.15) is 28.5 Å². The van der Waals surface area contributed by atoms with E-state index >= 15 is 0 Å². The molecular formula is C24H24N4O3. The molecule has 0 aliphatic heterocycles. The average Bonchev–Trinajstić information content (AvgIpc) is 3.25. The lowest BCUT2D eigenvalue weighted by Gasteiger charge is -2.11. The topological polar surface area (TPSA) is 77.3 Å². The van der Waals surface area contributed by atoms with Gasteiger partial charge in [-0.15, -0.1) is 5.10 Å². The van der Waals surface area contributed by atoms with Gasteiger partial charge in [0.2, 0.25) is 0 Å². The maximum atomic E-state index is 12.5. The van der Waals surface area contributed by atoms with Crippen molar-refractivity contribution in [1.29, 1.82) is 0 Å². The maximum Gasteiger partial charge on any atom is 0.333 e. The number of carbonyl (C=O) groups is 2. The fourth-order valence-corrected chi connectivity index (χ4v) is 2.68. The molecular weight excluding hydrogens is 392 g/mol. The summed E-state index contributed by atoms with van der Waals surface area (Å²) < 4.78 is 6.62. The Bertz CT molecular complexity index is 1110. The highest BCUT2D eigenvalue weighted by atomic mass is 16.5. The minimum atomic E-state index is -0.473. The first-order valence-electron chi connectivity index (χ1n) is 9.67. The second-order valence-electron chi connectivity index (χ2n) is 7.24. The summed E-state index contributed by atoms with van der Waals surface area (Å²) in [5, 5.41) is 8.02. The van der Waals surface area contributed by atoms with Crippen LogP contribution in [0.2, 0.25) is 0 Å². The molecule has 3 aromatic rings. The minimum Gasteiger partial charge on any atom is -0.456 e. The number of carbonyl (C=O) groups excluding carboxylic acids is 2. The molecule has 0 aliphatic carbocycles. The average molecular weight is 416 g/mol. The van der Waals surface area contributed by atoms with Crippen molar-refractivity contribution in [2.45, 2.75) is 13.5 Å². The molecule has 0 radical (unpaired) electrons. The maximum absolute atomic E-state index is 12.5. The van der Waals surface area contributed by atoms with Gasteiger partial charge in [-0.05, 0) is 55.0 Å². The molecule has 0 bridgehead atoms. The number of esters is 1. The normalized spacial score (nSPS) is 10.8. The predicted octanol–water partition coefficient (Wildman–Crippen LogP) is 3.85. The molecule has 0 spiro atoms. The Labute approximate surface area is 181 Å². The molecule has 0 N–H and O–H groups in total. The first-order valence-corrected chi connectivity index (χ1v) is 9.67. The van der Waals surface area contributed by atoms with Crippen molar-refractivity contribution >= 4 is 23.5 Å². The van der Waals surface area contributed by atoms with Crippen LogP contribution < -0.4 is 4.90 Å². The van der Waals surface area contributed by atoms with Gasteiger partial charge < -0.3 is 9.64 Å². The fraction of sp³-hybridized carbons (Fsp3) is 0.167. The Balaban J connectivity index is 1.62. The SMILES string of the molecule is C=C(C)C(=O)OCc1cn(-c2ccc(C(=O)/C=C/c3ccc(N(C)C)cc3)cc2)nn1. The summed E-state index contributed by atoms with van der Waals surface area (Å²) >= 11 is 0. The number of nitrogens with zero attached hydrogens (tertiary/aromatic N) is 4. The van der Waals surface area contributed by atoms with Crippen molar-refractivity contribution in [2.24, 2.45) is 0 Å². The van der Waals surface area contributed by atoms with Gasteiger partial charge in [0.05, 0.1) is 11.9 Å². The van der Waals surface area contributed by atoms with Crippen LogP contribution in [0, 0.1) is 0 Å². The summed E-state index contributed by atoms with van der Waals surface area (Å²) in [6, 6.07) is 15.0. The Morgan fingerprint density at radius 2 is 1.77 bits per heavy atom. The molecule has 3 rings (SSSR count). The minimum absolute atomic E-state index is 0.0164. The largest absolute Gasteiger partial charge is 0.456 e. The van der Waals surface area contributed by atoms with Crippen molar-refractivity contribution < 1.29 is 14.3 Å². The third-order valence-electron chi connectivity index (χ3n) is 4.49. The Kier molecular flexibility index (Phi) is 6.77. The van der Waals surface area contributed by atoms with E-state index in [0.717, 1.165) is 16.9 Å². The van der Waals surface area contributed by atoms with E-state index in [4.69, 9.17) is 4.74 Å². The molecule has 158 valence electrons. The van der Waals surface area contributed by atoms with Crippen LogP contribution in [-0.2, 0) is 16.1 Å². The third kappa shape index (κ3) is 5.76. The number of allylic oxidation sites excluding steroid dienone is 1. The summed E-state index contributed by atoms with van der Waals surface area (Å²) in [6.07, 6.45) is 5.02. The van der Waals surface area contributed by atoms with Crippen LogP contribution in [0.5, 0.6) is 0 Å². The van der Waals surface area contributed by atoms with E-state index < -0.39 is 5.97 Å². The fourth-order valence-electron chi connectivity index (χ4n) is 2.68. The van der Waals surface area contributed by atoms with Crippen LogP contribution in [0.3, 0.4) is 0 Å². The molecule has 2 aromatic carbocycles. The van der Waals surface area contributed by atoms with Crippen molar-refractivity contribution in [3.63, 3.8) is 0 Å². The number of ketones is 1. The first-order chi connectivity index (χ1) is 14.8. The number of aromatic nitrogens is 3. The zero-order chi connectivity index (χ0) is 22.4. The highest BCUT2D eigenvalue weighted by Crippen LogP contribution is 2.15. The number of hydrogen-bond donors (Lipinski definition) is 0. The van der Waals surface area contributed by atoms with Crippen molar-refractivity contribution in [3.05, 3.63) is 89.8 Å². The molecule has 0 unspecified atom stereocenters. The Morgan fingerprint density at radius 3 is 2.39 bits per heavy atom. The van der Waals surface area contributed by atoms with Gasteiger partial charge in [0.1, 0.15) is 12.3 Å². The summed E-state index contributed by atoms with van der Waals surface area (Å²) in [5.41, 5.74) is 4.21. The molecule has 1 heterocycles. The van der Waals surface area contributed by atoms with E-state index in [2.05, 4.69) is 16.9 Å².